The molecule has 0 fully saturated rings. The molecule has 3 aromatic heterocycles. The van der Waals surface area contributed by atoms with Crippen LogP contribution in [0.5, 0.6) is 0 Å². The first-order valence-corrected chi connectivity index (χ1v) is 11.6. The number of anilines is 2. The number of nitrogens with zero attached hydrogens (tertiary/aromatic N) is 6. The van der Waals surface area contributed by atoms with Gasteiger partial charge in [0, 0.05) is 28.7 Å². The number of rotatable bonds is 5. The lowest BCUT2D eigenvalue weighted by Gasteiger charge is -2.09. The third kappa shape index (κ3) is 6.64. The summed E-state index contributed by atoms with van der Waals surface area (Å²) in [6.07, 6.45) is -1.75. The summed E-state index contributed by atoms with van der Waals surface area (Å²) in [7, 11) is 0. The van der Waals surface area contributed by atoms with Gasteiger partial charge in [0.25, 0.3) is 0 Å². The zero-order valence-corrected chi connectivity index (χ0v) is 21.3. The number of hydrogen-bond acceptors (Lipinski definition) is 7. The van der Waals surface area contributed by atoms with Crippen LogP contribution in [0.1, 0.15) is 17.3 Å². The van der Waals surface area contributed by atoms with Crippen molar-refractivity contribution in [2.75, 3.05) is 5.32 Å². The van der Waals surface area contributed by atoms with Crippen LogP contribution in [0.3, 0.4) is 0 Å². The fourth-order valence-electron chi connectivity index (χ4n) is 3.70. The van der Waals surface area contributed by atoms with Crippen molar-refractivity contribution in [1.82, 2.24) is 34.9 Å². The standard InChI is InChI=1S/C24H21FN8.C2HF3O2/c1-14-22(13-27-31-14)17-10-18(12-19(25)11-17)23-8-9-26-24(30-23)29-20-4-6-21(7-5-20)33-16(3)28-15(2)32-33;3-2(4,5)1(6)7/h4-13H,1-3H3,(H,27,31)(H,26,29,30);(H,6,7). The molecule has 3 N–H and O–H groups in total. The Morgan fingerprint density at radius 1 is 1.00 bits per heavy atom. The van der Waals surface area contributed by atoms with Crippen molar-refractivity contribution < 1.29 is 27.5 Å². The Morgan fingerprint density at radius 2 is 1.68 bits per heavy atom. The van der Waals surface area contributed by atoms with E-state index in [4.69, 9.17) is 9.90 Å². The number of alkyl halides is 3. The van der Waals surface area contributed by atoms with E-state index >= 15 is 0 Å². The molecule has 3 heterocycles. The highest BCUT2D eigenvalue weighted by molar-refractivity contribution is 5.73. The van der Waals surface area contributed by atoms with Gasteiger partial charge >= 0.3 is 12.1 Å². The van der Waals surface area contributed by atoms with Gasteiger partial charge in [-0.3, -0.25) is 5.10 Å². The average Bonchev–Trinajstić information content (AvgIpc) is 3.48. The van der Waals surface area contributed by atoms with E-state index in [1.807, 2.05) is 51.1 Å². The summed E-state index contributed by atoms with van der Waals surface area (Å²) < 4.78 is 47.9. The minimum absolute atomic E-state index is 0.342. The van der Waals surface area contributed by atoms with Gasteiger partial charge in [0.1, 0.15) is 17.5 Å². The highest BCUT2D eigenvalue weighted by atomic mass is 19.4. The molecule has 0 aliphatic heterocycles. The zero-order valence-electron chi connectivity index (χ0n) is 21.3. The average molecular weight is 555 g/mol. The minimum Gasteiger partial charge on any atom is -0.475 e. The molecule has 5 rings (SSSR count). The number of carboxylic acids is 1. The van der Waals surface area contributed by atoms with Crippen LogP contribution in [-0.4, -0.2) is 52.2 Å². The lowest BCUT2D eigenvalue weighted by molar-refractivity contribution is -0.192. The monoisotopic (exact) mass is 554 g/mol. The number of aromatic nitrogens is 7. The second-order valence-corrected chi connectivity index (χ2v) is 8.50. The van der Waals surface area contributed by atoms with Crippen molar-refractivity contribution in [3.05, 3.63) is 84.1 Å². The van der Waals surface area contributed by atoms with Gasteiger partial charge in [-0.2, -0.15) is 23.4 Å². The lowest BCUT2D eigenvalue weighted by atomic mass is 10.0. The van der Waals surface area contributed by atoms with E-state index in [-0.39, 0.29) is 5.82 Å². The molecule has 0 spiro atoms. The molecule has 206 valence electrons. The van der Waals surface area contributed by atoms with Crippen molar-refractivity contribution in [1.29, 1.82) is 0 Å². The van der Waals surface area contributed by atoms with Gasteiger partial charge < -0.3 is 10.4 Å². The maximum Gasteiger partial charge on any atom is 0.490 e. The number of halogens is 4. The quantitative estimate of drug-likeness (QED) is 0.241. The van der Waals surface area contributed by atoms with E-state index in [9.17, 15) is 17.6 Å². The van der Waals surface area contributed by atoms with Gasteiger partial charge in [-0.25, -0.2) is 28.8 Å². The van der Waals surface area contributed by atoms with Gasteiger partial charge in [-0.15, -0.1) is 0 Å². The first-order valence-electron chi connectivity index (χ1n) is 11.6. The Hall–Kier alpha value is -5.14. The molecule has 10 nitrogen and oxygen atoms in total. The van der Waals surface area contributed by atoms with Crippen molar-refractivity contribution in [2.24, 2.45) is 0 Å². The van der Waals surface area contributed by atoms with Crippen LogP contribution in [-0.2, 0) is 4.79 Å². The fraction of sp³-hybridized carbons (Fsp3) is 0.154. The molecule has 0 saturated carbocycles. The molecule has 0 atom stereocenters. The summed E-state index contributed by atoms with van der Waals surface area (Å²) in [6, 6.07) is 14.3. The van der Waals surface area contributed by atoms with Crippen molar-refractivity contribution >= 4 is 17.6 Å². The SMILES string of the molecule is Cc1nc(C)n(-c2ccc(Nc3nccc(-c4cc(F)cc(-c5cn[nH]c5C)c4)n3)cc2)n1.O=C(O)C(F)(F)F. The number of H-pyrrole nitrogens is 1. The summed E-state index contributed by atoms with van der Waals surface area (Å²) >= 11 is 0. The first kappa shape index (κ1) is 27.9. The van der Waals surface area contributed by atoms with Crippen LogP contribution in [0.15, 0.2) is 60.9 Å². The largest absolute Gasteiger partial charge is 0.490 e. The highest BCUT2D eigenvalue weighted by Gasteiger charge is 2.38. The highest BCUT2D eigenvalue weighted by Crippen LogP contribution is 2.29. The number of hydrogen-bond donors (Lipinski definition) is 3. The second kappa shape index (κ2) is 11.3. The minimum atomic E-state index is -5.08. The molecular formula is C26H22F4N8O2. The van der Waals surface area contributed by atoms with Crippen LogP contribution in [0.25, 0.3) is 28.1 Å². The molecule has 0 radical (unpaired) electrons. The number of benzene rings is 2. The van der Waals surface area contributed by atoms with Crippen molar-refractivity contribution in [3.63, 3.8) is 0 Å². The maximum atomic E-state index is 14.4. The van der Waals surface area contributed by atoms with Crippen LogP contribution in [0.2, 0.25) is 0 Å². The number of carbonyl (C=O) groups is 1. The summed E-state index contributed by atoms with van der Waals surface area (Å²) in [5.74, 6) is -1.14. The van der Waals surface area contributed by atoms with Gasteiger partial charge in [0.05, 0.1) is 17.6 Å². The van der Waals surface area contributed by atoms with E-state index < -0.39 is 12.1 Å². The van der Waals surface area contributed by atoms with E-state index in [0.29, 0.717) is 17.2 Å². The first-order chi connectivity index (χ1) is 18.9. The van der Waals surface area contributed by atoms with Gasteiger partial charge in [0.15, 0.2) is 0 Å². The summed E-state index contributed by atoms with van der Waals surface area (Å²) in [6.45, 7) is 5.68. The Labute approximate surface area is 224 Å². The summed E-state index contributed by atoms with van der Waals surface area (Å²) in [4.78, 5) is 22.1. The van der Waals surface area contributed by atoms with Crippen molar-refractivity contribution in [2.45, 2.75) is 26.9 Å². The summed E-state index contributed by atoms with van der Waals surface area (Å²) in [5.41, 5.74) is 5.45. The van der Waals surface area contributed by atoms with E-state index in [0.717, 1.165) is 39.8 Å². The molecule has 0 aliphatic carbocycles. The number of nitrogens with one attached hydrogen (secondary N) is 2. The summed E-state index contributed by atoms with van der Waals surface area (Å²) in [5, 5.41) is 21.6. The van der Waals surface area contributed by atoms with Gasteiger partial charge in [-0.05, 0) is 74.9 Å². The van der Waals surface area contributed by atoms with Gasteiger partial charge in [0.2, 0.25) is 5.95 Å². The topological polar surface area (TPSA) is 134 Å². The third-order valence-corrected chi connectivity index (χ3v) is 5.48. The van der Waals surface area contributed by atoms with Crippen LogP contribution in [0, 0.1) is 26.6 Å². The normalized spacial score (nSPS) is 11.1. The maximum absolute atomic E-state index is 14.4. The molecule has 5 aromatic rings. The number of carboxylic acid groups (broad SMARTS) is 1. The Bertz CT molecular complexity index is 1650. The number of aromatic amines is 1. The zero-order chi connectivity index (χ0) is 29.0. The van der Waals surface area contributed by atoms with E-state index in [1.54, 1.807) is 23.1 Å². The molecule has 0 saturated heterocycles. The van der Waals surface area contributed by atoms with E-state index in [2.05, 4.69) is 35.6 Å². The van der Waals surface area contributed by atoms with Crippen LogP contribution < -0.4 is 5.32 Å². The number of aliphatic carboxylic acids is 1. The Kier molecular flexibility index (Phi) is 7.88. The molecule has 0 aliphatic rings. The van der Waals surface area contributed by atoms with Crippen LogP contribution >= 0.6 is 0 Å². The smallest absolute Gasteiger partial charge is 0.475 e. The number of aryl methyl sites for hydroxylation is 3. The molecule has 0 unspecified atom stereocenters. The Morgan fingerprint density at radius 3 is 2.25 bits per heavy atom. The predicted octanol–water partition coefficient (Wildman–Crippen LogP) is 5.56. The molecular weight excluding hydrogens is 532 g/mol. The second-order valence-electron chi connectivity index (χ2n) is 8.50. The van der Waals surface area contributed by atoms with E-state index in [1.165, 1.54) is 12.1 Å². The molecule has 0 bridgehead atoms. The van der Waals surface area contributed by atoms with Crippen molar-refractivity contribution in [3.8, 4) is 28.1 Å². The van der Waals surface area contributed by atoms with Gasteiger partial charge in [-0.1, -0.05) is 0 Å². The molecule has 14 heteroatoms. The molecule has 0 amide bonds. The molecule has 2 aromatic carbocycles. The third-order valence-electron chi connectivity index (χ3n) is 5.48. The lowest BCUT2D eigenvalue weighted by Crippen LogP contribution is -2.21. The fourth-order valence-corrected chi connectivity index (χ4v) is 3.70. The predicted molar refractivity (Wildman–Crippen MR) is 138 cm³/mol. The molecule has 40 heavy (non-hydrogen) atoms. The Balaban J connectivity index is 0.000000470. The van der Waals surface area contributed by atoms with Crippen LogP contribution in [0.4, 0.5) is 29.2 Å².